The predicted molar refractivity (Wildman–Crippen MR) is 80.4 cm³/mol. The molecule has 0 aliphatic carbocycles. The molecule has 0 saturated carbocycles. The molecule has 0 saturated heterocycles. The van der Waals surface area contributed by atoms with E-state index in [4.69, 9.17) is 0 Å². The molecule has 6 nitrogen and oxygen atoms in total. The van der Waals surface area contributed by atoms with Gasteiger partial charge >= 0.3 is 0 Å². The summed E-state index contributed by atoms with van der Waals surface area (Å²) in [7, 11) is -3.48. The molecule has 21 heavy (non-hydrogen) atoms. The van der Waals surface area contributed by atoms with E-state index < -0.39 is 10.0 Å². The number of nitrogens with zero attached hydrogens (tertiary/aromatic N) is 3. The molecule has 0 spiro atoms. The van der Waals surface area contributed by atoms with Gasteiger partial charge in [-0.3, -0.25) is 0 Å². The zero-order valence-electron chi connectivity index (χ0n) is 12.4. The first kappa shape index (κ1) is 15.7. The largest absolute Gasteiger partial charge is 0.319 e. The maximum Gasteiger partial charge on any atom is 0.240 e. The van der Waals surface area contributed by atoms with Crippen molar-refractivity contribution in [3.63, 3.8) is 0 Å². The maximum atomic E-state index is 12.2. The Morgan fingerprint density at radius 1 is 1.10 bits per heavy atom. The van der Waals surface area contributed by atoms with Crippen LogP contribution in [0.5, 0.6) is 0 Å². The highest BCUT2D eigenvalue weighted by Gasteiger charge is 2.17. The smallest absolute Gasteiger partial charge is 0.240 e. The summed E-state index contributed by atoms with van der Waals surface area (Å²) in [6.45, 7) is 7.06. The van der Waals surface area contributed by atoms with Crippen LogP contribution in [0.2, 0.25) is 0 Å². The summed E-state index contributed by atoms with van der Waals surface area (Å²) in [6.07, 6.45) is 3.10. The number of hydrogen-bond acceptors (Lipinski definition) is 4. The fourth-order valence-electron chi connectivity index (χ4n) is 1.86. The highest BCUT2D eigenvalue weighted by Crippen LogP contribution is 2.23. The molecule has 2 rings (SSSR count). The van der Waals surface area contributed by atoms with Gasteiger partial charge in [0.05, 0.1) is 4.90 Å². The fourth-order valence-corrected chi connectivity index (χ4v) is 2.89. The van der Waals surface area contributed by atoms with E-state index in [-0.39, 0.29) is 10.3 Å². The third-order valence-electron chi connectivity index (χ3n) is 3.16. The van der Waals surface area contributed by atoms with E-state index in [1.54, 1.807) is 29.4 Å². The zero-order valence-corrected chi connectivity index (χ0v) is 13.3. The van der Waals surface area contributed by atoms with Gasteiger partial charge in [-0.15, -0.1) is 10.2 Å². The summed E-state index contributed by atoms with van der Waals surface area (Å²) >= 11 is 0. The highest BCUT2D eigenvalue weighted by molar-refractivity contribution is 7.89. The fraction of sp³-hybridized carbons (Fsp3) is 0.429. The quantitative estimate of drug-likeness (QED) is 0.909. The van der Waals surface area contributed by atoms with Gasteiger partial charge in [0, 0.05) is 13.1 Å². The van der Waals surface area contributed by atoms with Crippen LogP contribution in [-0.4, -0.2) is 29.7 Å². The number of hydrogen-bond donors (Lipinski definition) is 1. The lowest BCUT2D eigenvalue weighted by Gasteiger charge is -2.19. The first-order chi connectivity index (χ1) is 9.79. The molecule has 0 amide bonds. The van der Waals surface area contributed by atoms with Gasteiger partial charge in [-0.2, -0.15) is 0 Å². The van der Waals surface area contributed by atoms with Crippen molar-refractivity contribution in [3.05, 3.63) is 42.5 Å². The third kappa shape index (κ3) is 4.12. The molecule has 1 aromatic carbocycles. The van der Waals surface area contributed by atoms with E-state index in [2.05, 4.69) is 35.7 Å². The van der Waals surface area contributed by atoms with Crippen LogP contribution in [0.15, 0.2) is 41.8 Å². The minimum absolute atomic E-state index is 0.00411. The van der Waals surface area contributed by atoms with Gasteiger partial charge in [0.25, 0.3) is 0 Å². The standard InChI is InChI=1S/C14H20N4O2S/c1-14(2,3)12-4-6-13(7-5-12)21(19,20)17-8-9-18-10-15-16-11-18/h4-7,10-11,17H,8-9H2,1-3H3. The van der Waals surface area contributed by atoms with Crippen molar-refractivity contribution < 1.29 is 8.42 Å². The van der Waals surface area contributed by atoms with Crippen molar-refractivity contribution in [3.8, 4) is 0 Å². The van der Waals surface area contributed by atoms with Crippen molar-refractivity contribution in [1.82, 2.24) is 19.5 Å². The average Bonchev–Trinajstić information content (AvgIpc) is 2.91. The Hall–Kier alpha value is -1.73. The summed E-state index contributed by atoms with van der Waals surface area (Å²) < 4.78 is 28.6. The number of benzene rings is 1. The second kappa shape index (κ2) is 5.95. The Morgan fingerprint density at radius 2 is 1.67 bits per heavy atom. The number of nitrogens with one attached hydrogen (secondary N) is 1. The Labute approximate surface area is 125 Å². The summed E-state index contributed by atoms with van der Waals surface area (Å²) in [5, 5.41) is 7.33. The van der Waals surface area contributed by atoms with Gasteiger partial charge in [0.1, 0.15) is 12.7 Å². The predicted octanol–water partition coefficient (Wildman–Crippen LogP) is 1.55. The van der Waals surface area contributed by atoms with E-state index in [1.807, 2.05) is 12.1 Å². The summed E-state index contributed by atoms with van der Waals surface area (Å²) in [5.41, 5.74) is 1.11. The van der Waals surface area contributed by atoms with E-state index in [0.717, 1.165) is 5.56 Å². The molecule has 1 N–H and O–H groups in total. The monoisotopic (exact) mass is 308 g/mol. The Morgan fingerprint density at radius 3 is 2.19 bits per heavy atom. The van der Waals surface area contributed by atoms with Crippen LogP contribution in [0, 0.1) is 0 Å². The van der Waals surface area contributed by atoms with Crippen LogP contribution >= 0.6 is 0 Å². The van der Waals surface area contributed by atoms with Crippen LogP contribution in [0.1, 0.15) is 26.3 Å². The van der Waals surface area contributed by atoms with Gasteiger partial charge in [-0.1, -0.05) is 32.9 Å². The molecule has 1 aromatic heterocycles. The molecular formula is C14H20N4O2S. The van der Waals surface area contributed by atoms with E-state index in [9.17, 15) is 8.42 Å². The zero-order chi connectivity index (χ0) is 15.5. The second-order valence-electron chi connectivity index (χ2n) is 5.87. The van der Waals surface area contributed by atoms with E-state index in [1.165, 1.54) is 0 Å². The van der Waals surface area contributed by atoms with E-state index >= 15 is 0 Å². The van der Waals surface area contributed by atoms with Crippen molar-refractivity contribution >= 4 is 10.0 Å². The first-order valence-electron chi connectivity index (χ1n) is 6.72. The van der Waals surface area contributed by atoms with Crippen LogP contribution in [0.4, 0.5) is 0 Å². The van der Waals surface area contributed by atoms with Gasteiger partial charge in [0.15, 0.2) is 0 Å². The lowest BCUT2D eigenvalue weighted by atomic mass is 9.87. The van der Waals surface area contributed by atoms with Gasteiger partial charge in [0.2, 0.25) is 10.0 Å². The molecule has 0 aliphatic rings. The number of sulfonamides is 1. The summed E-state index contributed by atoms with van der Waals surface area (Å²) in [6, 6.07) is 6.99. The second-order valence-corrected chi connectivity index (χ2v) is 7.64. The molecule has 7 heteroatoms. The normalized spacial score (nSPS) is 12.5. The Balaban J connectivity index is 2.02. The Bertz CT molecular complexity index is 671. The van der Waals surface area contributed by atoms with Crippen molar-refractivity contribution in [1.29, 1.82) is 0 Å². The summed E-state index contributed by atoms with van der Waals surface area (Å²) in [4.78, 5) is 0.277. The molecule has 0 aliphatic heterocycles. The highest BCUT2D eigenvalue weighted by atomic mass is 32.2. The molecule has 0 radical (unpaired) electrons. The molecular weight excluding hydrogens is 288 g/mol. The average molecular weight is 308 g/mol. The van der Waals surface area contributed by atoms with Crippen LogP contribution in [0.3, 0.4) is 0 Å². The maximum absolute atomic E-state index is 12.2. The lowest BCUT2D eigenvalue weighted by molar-refractivity contribution is 0.571. The van der Waals surface area contributed by atoms with Gasteiger partial charge in [-0.25, -0.2) is 13.1 Å². The number of aromatic nitrogens is 3. The molecule has 0 unspecified atom stereocenters. The van der Waals surface area contributed by atoms with Crippen LogP contribution in [0.25, 0.3) is 0 Å². The van der Waals surface area contributed by atoms with Crippen LogP contribution < -0.4 is 4.72 Å². The van der Waals surface area contributed by atoms with Gasteiger partial charge < -0.3 is 4.57 Å². The van der Waals surface area contributed by atoms with Gasteiger partial charge in [-0.05, 0) is 23.1 Å². The first-order valence-corrected chi connectivity index (χ1v) is 8.20. The topological polar surface area (TPSA) is 76.9 Å². The Kier molecular flexibility index (Phi) is 4.43. The SMILES string of the molecule is CC(C)(C)c1ccc(S(=O)(=O)NCCn2cnnc2)cc1. The lowest BCUT2D eigenvalue weighted by Crippen LogP contribution is -2.27. The summed E-state index contributed by atoms with van der Waals surface area (Å²) in [5.74, 6) is 0. The van der Waals surface area contributed by atoms with Crippen molar-refractivity contribution in [2.45, 2.75) is 37.6 Å². The molecule has 1 heterocycles. The minimum atomic E-state index is -3.48. The van der Waals surface area contributed by atoms with Crippen molar-refractivity contribution in [2.75, 3.05) is 6.54 Å². The molecule has 2 aromatic rings. The molecule has 114 valence electrons. The van der Waals surface area contributed by atoms with E-state index in [0.29, 0.717) is 13.1 Å². The van der Waals surface area contributed by atoms with Crippen molar-refractivity contribution in [2.24, 2.45) is 0 Å². The minimum Gasteiger partial charge on any atom is -0.319 e. The third-order valence-corrected chi connectivity index (χ3v) is 4.64. The molecule has 0 atom stereocenters. The molecule has 0 fully saturated rings. The molecule has 0 bridgehead atoms. The van der Waals surface area contributed by atoms with Crippen LogP contribution in [-0.2, 0) is 22.0 Å². The number of rotatable bonds is 5.